The van der Waals surface area contributed by atoms with Crippen molar-refractivity contribution in [3.05, 3.63) is 12.4 Å². The van der Waals surface area contributed by atoms with Gasteiger partial charge in [0.2, 0.25) is 0 Å². The lowest BCUT2D eigenvalue weighted by Crippen LogP contribution is -2.39. The molecule has 100 valence electrons. The Balaban J connectivity index is 2.03. The van der Waals surface area contributed by atoms with Crippen molar-refractivity contribution in [2.24, 2.45) is 5.73 Å². The molecule has 1 fully saturated rings. The lowest BCUT2D eigenvalue weighted by molar-refractivity contribution is 0.384. The Morgan fingerprint density at radius 3 is 2.72 bits per heavy atom. The highest BCUT2D eigenvalue weighted by atomic mass is 15.2. The van der Waals surface area contributed by atoms with E-state index in [1.165, 1.54) is 0 Å². The second-order valence-electron chi connectivity index (χ2n) is 4.97. The monoisotopic (exact) mass is 249 g/mol. The molecule has 0 radical (unpaired) electrons. The first-order valence-electron chi connectivity index (χ1n) is 6.75. The van der Waals surface area contributed by atoms with Gasteiger partial charge in [-0.25, -0.2) is 9.97 Å². The number of aromatic nitrogens is 2. The quantitative estimate of drug-likeness (QED) is 0.848. The molecule has 3 N–H and O–H groups in total. The third-order valence-electron chi connectivity index (χ3n) is 3.66. The Morgan fingerprint density at radius 1 is 1.33 bits per heavy atom. The lowest BCUT2D eigenvalue weighted by Gasteiger charge is -2.34. The van der Waals surface area contributed by atoms with Crippen LogP contribution < -0.4 is 16.0 Å². The van der Waals surface area contributed by atoms with E-state index in [1.807, 2.05) is 6.07 Å². The predicted octanol–water partition coefficient (Wildman–Crippen LogP) is 1.61. The summed E-state index contributed by atoms with van der Waals surface area (Å²) in [6, 6.07) is 2.95. The van der Waals surface area contributed by atoms with Gasteiger partial charge in [-0.2, -0.15) is 0 Å². The molecule has 0 unspecified atom stereocenters. The number of nitrogens with one attached hydrogen (secondary N) is 1. The summed E-state index contributed by atoms with van der Waals surface area (Å²) in [6.45, 7) is 2.94. The minimum atomic E-state index is 0.386. The highest BCUT2D eigenvalue weighted by Gasteiger charge is 2.22. The third-order valence-corrected chi connectivity index (χ3v) is 3.66. The van der Waals surface area contributed by atoms with Crippen molar-refractivity contribution in [2.45, 2.75) is 44.7 Å². The summed E-state index contributed by atoms with van der Waals surface area (Å²) >= 11 is 0. The first-order chi connectivity index (χ1) is 8.70. The van der Waals surface area contributed by atoms with Gasteiger partial charge in [0.15, 0.2) is 0 Å². The molecule has 1 saturated carbocycles. The van der Waals surface area contributed by atoms with Gasteiger partial charge in [0, 0.05) is 31.7 Å². The molecule has 0 spiro atoms. The third kappa shape index (κ3) is 3.10. The molecule has 1 aliphatic rings. The number of nitrogens with zero attached hydrogens (tertiary/aromatic N) is 3. The normalized spacial score (nSPS) is 23.7. The Bertz CT molecular complexity index is 373. The fraction of sp³-hybridized carbons (Fsp3) is 0.692. The van der Waals surface area contributed by atoms with Gasteiger partial charge in [0.25, 0.3) is 0 Å². The maximum Gasteiger partial charge on any atom is 0.134 e. The topological polar surface area (TPSA) is 67.1 Å². The highest BCUT2D eigenvalue weighted by Crippen LogP contribution is 2.25. The van der Waals surface area contributed by atoms with Crippen LogP contribution in [0.15, 0.2) is 12.4 Å². The maximum absolute atomic E-state index is 5.95. The van der Waals surface area contributed by atoms with Gasteiger partial charge in [-0.1, -0.05) is 0 Å². The van der Waals surface area contributed by atoms with Crippen LogP contribution in [0.25, 0.3) is 0 Å². The molecular weight excluding hydrogens is 226 g/mol. The Morgan fingerprint density at radius 2 is 2.06 bits per heavy atom. The molecule has 0 aliphatic heterocycles. The van der Waals surface area contributed by atoms with E-state index in [0.717, 1.165) is 43.9 Å². The minimum absolute atomic E-state index is 0.386. The van der Waals surface area contributed by atoms with E-state index in [4.69, 9.17) is 5.73 Å². The summed E-state index contributed by atoms with van der Waals surface area (Å²) in [4.78, 5) is 10.8. The molecule has 0 aromatic carbocycles. The standard InChI is InChI=1S/C13H23N5/c1-3-15-12-8-13(17-9-16-12)18(2)11-6-4-10(14)5-7-11/h8-11H,3-7,14H2,1-2H3,(H,15,16,17). The van der Waals surface area contributed by atoms with Crippen molar-refractivity contribution in [3.63, 3.8) is 0 Å². The molecule has 5 nitrogen and oxygen atoms in total. The fourth-order valence-corrected chi connectivity index (χ4v) is 2.49. The Hall–Kier alpha value is -1.36. The van der Waals surface area contributed by atoms with E-state index < -0.39 is 0 Å². The molecule has 0 bridgehead atoms. The second kappa shape index (κ2) is 6.00. The zero-order chi connectivity index (χ0) is 13.0. The maximum atomic E-state index is 5.95. The van der Waals surface area contributed by atoms with Crippen LogP contribution in [0.5, 0.6) is 0 Å². The van der Waals surface area contributed by atoms with Crippen molar-refractivity contribution >= 4 is 11.6 Å². The second-order valence-corrected chi connectivity index (χ2v) is 4.97. The first kappa shape index (κ1) is 13.1. The molecule has 0 amide bonds. The summed E-state index contributed by atoms with van der Waals surface area (Å²) in [7, 11) is 2.11. The molecule has 0 atom stereocenters. The van der Waals surface area contributed by atoms with E-state index in [1.54, 1.807) is 6.33 Å². The number of nitrogens with two attached hydrogens (primary N) is 1. The van der Waals surface area contributed by atoms with Crippen molar-refractivity contribution in [3.8, 4) is 0 Å². The average molecular weight is 249 g/mol. The number of rotatable bonds is 4. The van der Waals surface area contributed by atoms with Crippen molar-refractivity contribution in [2.75, 3.05) is 23.8 Å². The summed E-state index contributed by atoms with van der Waals surface area (Å²) < 4.78 is 0. The van der Waals surface area contributed by atoms with Gasteiger partial charge in [-0.05, 0) is 32.6 Å². The Kier molecular flexibility index (Phi) is 4.36. The van der Waals surface area contributed by atoms with E-state index in [2.05, 4.69) is 34.2 Å². The molecular formula is C13H23N5. The minimum Gasteiger partial charge on any atom is -0.370 e. The van der Waals surface area contributed by atoms with Crippen LogP contribution in [0.2, 0.25) is 0 Å². The van der Waals surface area contributed by atoms with E-state index in [-0.39, 0.29) is 0 Å². The van der Waals surface area contributed by atoms with E-state index in [9.17, 15) is 0 Å². The largest absolute Gasteiger partial charge is 0.370 e. The molecule has 1 aromatic heterocycles. The molecule has 5 heteroatoms. The van der Waals surface area contributed by atoms with Crippen molar-refractivity contribution in [1.29, 1.82) is 0 Å². The van der Waals surface area contributed by atoms with Crippen LogP contribution in [-0.2, 0) is 0 Å². The van der Waals surface area contributed by atoms with Gasteiger partial charge in [0.05, 0.1) is 0 Å². The van der Waals surface area contributed by atoms with Crippen LogP contribution in [-0.4, -0.2) is 35.6 Å². The van der Waals surface area contributed by atoms with E-state index >= 15 is 0 Å². The average Bonchev–Trinajstić information content (AvgIpc) is 2.39. The highest BCUT2D eigenvalue weighted by molar-refractivity contribution is 5.48. The van der Waals surface area contributed by atoms with Crippen LogP contribution in [0.1, 0.15) is 32.6 Å². The molecule has 18 heavy (non-hydrogen) atoms. The van der Waals surface area contributed by atoms with Crippen molar-refractivity contribution in [1.82, 2.24) is 9.97 Å². The summed E-state index contributed by atoms with van der Waals surface area (Å²) in [5.41, 5.74) is 5.95. The van der Waals surface area contributed by atoms with Gasteiger partial charge >= 0.3 is 0 Å². The van der Waals surface area contributed by atoms with Gasteiger partial charge < -0.3 is 16.0 Å². The first-order valence-corrected chi connectivity index (χ1v) is 6.75. The van der Waals surface area contributed by atoms with Crippen LogP contribution in [0.4, 0.5) is 11.6 Å². The van der Waals surface area contributed by atoms with Gasteiger partial charge in [-0.15, -0.1) is 0 Å². The molecule has 2 rings (SSSR count). The zero-order valence-corrected chi connectivity index (χ0v) is 11.3. The summed E-state index contributed by atoms with van der Waals surface area (Å²) in [6.07, 6.45) is 6.15. The fourth-order valence-electron chi connectivity index (χ4n) is 2.49. The molecule has 0 saturated heterocycles. The lowest BCUT2D eigenvalue weighted by atomic mass is 9.91. The summed E-state index contributed by atoms with van der Waals surface area (Å²) in [5, 5.41) is 3.21. The SMILES string of the molecule is CCNc1cc(N(C)C2CCC(N)CC2)ncn1. The van der Waals surface area contributed by atoms with Gasteiger partial charge in [0.1, 0.15) is 18.0 Å². The smallest absolute Gasteiger partial charge is 0.134 e. The van der Waals surface area contributed by atoms with Crippen molar-refractivity contribution < 1.29 is 0 Å². The van der Waals surface area contributed by atoms with E-state index in [0.29, 0.717) is 12.1 Å². The Labute approximate surface area is 109 Å². The number of hydrogen-bond donors (Lipinski definition) is 2. The van der Waals surface area contributed by atoms with Crippen LogP contribution in [0, 0.1) is 0 Å². The van der Waals surface area contributed by atoms with Crippen LogP contribution >= 0.6 is 0 Å². The molecule has 1 aliphatic carbocycles. The van der Waals surface area contributed by atoms with Crippen LogP contribution in [0.3, 0.4) is 0 Å². The molecule has 1 aromatic rings. The predicted molar refractivity (Wildman–Crippen MR) is 74.8 cm³/mol. The number of hydrogen-bond acceptors (Lipinski definition) is 5. The molecule has 1 heterocycles. The summed E-state index contributed by atoms with van der Waals surface area (Å²) in [5.74, 6) is 1.88. The van der Waals surface area contributed by atoms with Gasteiger partial charge in [-0.3, -0.25) is 0 Å². The number of anilines is 2. The zero-order valence-electron chi connectivity index (χ0n) is 11.3.